The zero-order valence-corrected chi connectivity index (χ0v) is 15.2. The minimum Gasteiger partial charge on any atom is -0.494 e. The molecule has 0 bridgehead atoms. The number of thiazole rings is 1. The maximum absolute atomic E-state index is 12.0. The van der Waals surface area contributed by atoms with Crippen LogP contribution in [-0.2, 0) is 27.2 Å². The van der Waals surface area contributed by atoms with Crippen LogP contribution in [0.3, 0.4) is 0 Å². The first kappa shape index (κ1) is 18.9. The number of benzene rings is 1. The van der Waals surface area contributed by atoms with Gasteiger partial charge < -0.3 is 14.8 Å². The van der Waals surface area contributed by atoms with E-state index in [2.05, 4.69) is 10.3 Å². The number of carbonyl (C=O) groups excluding carboxylic acids is 2. The van der Waals surface area contributed by atoms with E-state index in [1.807, 2.05) is 31.2 Å². The van der Waals surface area contributed by atoms with E-state index in [0.717, 1.165) is 11.3 Å². The molecule has 0 fully saturated rings. The molecular formula is C18H22N2O4S. The predicted octanol–water partition coefficient (Wildman–Crippen LogP) is 3.22. The summed E-state index contributed by atoms with van der Waals surface area (Å²) in [6.45, 7) is 4.68. The van der Waals surface area contributed by atoms with Gasteiger partial charge in [-0.2, -0.15) is 0 Å². The van der Waals surface area contributed by atoms with Crippen LogP contribution < -0.4 is 10.1 Å². The normalized spacial score (nSPS) is 10.3. The Balaban J connectivity index is 1.78. The second-order valence-electron chi connectivity index (χ2n) is 5.25. The van der Waals surface area contributed by atoms with Crippen molar-refractivity contribution in [3.8, 4) is 5.75 Å². The third kappa shape index (κ3) is 6.54. The molecule has 7 heteroatoms. The Bertz CT molecular complexity index is 697. The van der Waals surface area contributed by atoms with Gasteiger partial charge in [0.25, 0.3) is 0 Å². The van der Waals surface area contributed by atoms with Gasteiger partial charge in [-0.25, -0.2) is 4.98 Å². The van der Waals surface area contributed by atoms with Gasteiger partial charge in [-0.15, -0.1) is 11.3 Å². The van der Waals surface area contributed by atoms with Gasteiger partial charge in [0.1, 0.15) is 5.75 Å². The van der Waals surface area contributed by atoms with E-state index in [-0.39, 0.29) is 18.3 Å². The van der Waals surface area contributed by atoms with Crippen molar-refractivity contribution in [1.29, 1.82) is 0 Å². The fraction of sp³-hybridized carbons (Fsp3) is 0.389. The molecule has 0 unspecified atom stereocenters. The number of amides is 1. The van der Waals surface area contributed by atoms with Gasteiger partial charge in [-0.3, -0.25) is 9.59 Å². The number of ether oxygens (including phenoxy) is 2. The number of carbonyl (C=O) groups is 2. The Morgan fingerprint density at radius 2 is 1.92 bits per heavy atom. The molecule has 1 N–H and O–H groups in total. The van der Waals surface area contributed by atoms with E-state index in [1.54, 1.807) is 12.3 Å². The molecular weight excluding hydrogens is 340 g/mol. The van der Waals surface area contributed by atoms with E-state index in [0.29, 0.717) is 36.9 Å². The summed E-state index contributed by atoms with van der Waals surface area (Å²) in [5, 5.41) is 5.01. The van der Waals surface area contributed by atoms with Crippen molar-refractivity contribution < 1.29 is 19.1 Å². The second kappa shape index (κ2) is 9.78. The third-order valence-corrected chi connectivity index (χ3v) is 4.11. The summed E-state index contributed by atoms with van der Waals surface area (Å²) >= 11 is 1.30. The molecule has 0 spiro atoms. The van der Waals surface area contributed by atoms with Gasteiger partial charge in [0.05, 0.1) is 25.3 Å². The summed E-state index contributed by atoms with van der Waals surface area (Å²) in [5.74, 6) is 0.403. The minimum absolute atomic E-state index is 0.106. The number of anilines is 1. The largest absolute Gasteiger partial charge is 0.494 e. The molecule has 2 rings (SSSR count). The number of esters is 1. The number of rotatable bonds is 9. The molecule has 0 atom stereocenters. The van der Waals surface area contributed by atoms with E-state index >= 15 is 0 Å². The monoisotopic (exact) mass is 362 g/mol. The maximum Gasteiger partial charge on any atom is 0.311 e. The summed E-state index contributed by atoms with van der Waals surface area (Å²) in [4.78, 5) is 27.7. The van der Waals surface area contributed by atoms with Crippen LogP contribution in [0.25, 0.3) is 0 Å². The molecule has 134 valence electrons. The van der Waals surface area contributed by atoms with Gasteiger partial charge in [0.15, 0.2) is 5.13 Å². The van der Waals surface area contributed by atoms with Crippen LogP contribution >= 0.6 is 11.3 Å². The Kier molecular flexibility index (Phi) is 7.40. The van der Waals surface area contributed by atoms with Crippen molar-refractivity contribution in [3.05, 3.63) is 40.9 Å². The SMILES string of the molecule is CCOC(=O)Cc1csc(NC(=O)CCc2ccc(OCC)cc2)n1. The number of aromatic nitrogens is 1. The van der Waals surface area contributed by atoms with Crippen molar-refractivity contribution >= 4 is 28.3 Å². The zero-order chi connectivity index (χ0) is 18.1. The van der Waals surface area contributed by atoms with Crippen LogP contribution in [0.4, 0.5) is 5.13 Å². The molecule has 1 aromatic carbocycles. The predicted molar refractivity (Wildman–Crippen MR) is 97.0 cm³/mol. The molecule has 0 aliphatic rings. The van der Waals surface area contributed by atoms with Crippen molar-refractivity contribution in [2.24, 2.45) is 0 Å². The number of aryl methyl sites for hydroxylation is 1. The molecule has 1 heterocycles. The molecule has 1 amide bonds. The summed E-state index contributed by atoms with van der Waals surface area (Å²) in [6.07, 6.45) is 1.12. The third-order valence-electron chi connectivity index (χ3n) is 3.30. The van der Waals surface area contributed by atoms with Gasteiger partial charge in [0, 0.05) is 11.8 Å². The first-order chi connectivity index (χ1) is 12.1. The van der Waals surface area contributed by atoms with Gasteiger partial charge in [-0.1, -0.05) is 12.1 Å². The Hall–Kier alpha value is -2.41. The summed E-state index contributed by atoms with van der Waals surface area (Å²) in [7, 11) is 0. The Morgan fingerprint density at radius 3 is 2.60 bits per heavy atom. The first-order valence-electron chi connectivity index (χ1n) is 8.22. The second-order valence-corrected chi connectivity index (χ2v) is 6.11. The Labute approximate surface area is 151 Å². The summed E-state index contributed by atoms with van der Waals surface area (Å²) < 4.78 is 10.3. The minimum atomic E-state index is -0.318. The van der Waals surface area contributed by atoms with Crippen molar-refractivity contribution in [2.45, 2.75) is 33.1 Å². The molecule has 6 nitrogen and oxygen atoms in total. The standard InChI is InChI=1S/C18H22N2O4S/c1-3-23-15-8-5-13(6-9-15)7-10-16(21)20-18-19-14(12-25-18)11-17(22)24-4-2/h5-6,8-9,12H,3-4,7,10-11H2,1-2H3,(H,19,20,21). The zero-order valence-electron chi connectivity index (χ0n) is 14.4. The highest BCUT2D eigenvalue weighted by Gasteiger charge is 2.10. The van der Waals surface area contributed by atoms with E-state index in [1.165, 1.54) is 11.3 Å². The van der Waals surface area contributed by atoms with Crippen LogP contribution in [0.15, 0.2) is 29.6 Å². The maximum atomic E-state index is 12.0. The van der Waals surface area contributed by atoms with Crippen LogP contribution in [0.2, 0.25) is 0 Å². The smallest absolute Gasteiger partial charge is 0.311 e. The number of nitrogens with zero attached hydrogens (tertiary/aromatic N) is 1. The fourth-order valence-corrected chi connectivity index (χ4v) is 2.89. The van der Waals surface area contributed by atoms with Gasteiger partial charge in [-0.05, 0) is 38.0 Å². The lowest BCUT2D eigenvalue weighted by Crippen LogP contribution is -2.12. The number of hydrogen-bond donors (Lipinski definition) is 1. The highest BCUT2D eigenvalue weighted by molar-refractivity contribution is 7.13. The molecule has 0 radical (unpaired) electrons. The average Bonchev–Trinajstić information content (AvgIpc) is 3.01. The quantitative estimate of drug-likeness (QED) is 0.693. The summed E-state index contributed by atoms with van der Waals surface area (Å²) in [5.41, 5.74) is 1.67. The highest BCUT2D eigenvalue weighted by Crippen LogP contribution is 2.17. The van der Waals surface area contributed by atoms with Crippen LogP contribution in [0.5, 0.6) is 5.75 Å². The Morgan fingerprint density at radius 1 is 1.16 bits per heavy atom. The van der Waals surface area contributed by atoms with Crippen LogP contribution in [0, 0.1) is 0 Å². The molecule has 0 aliphatic heterocycles. The summed E-state index contributed by atoms with van der Waals surface area (Å²) in [6, 6.07) is 7.72. The molecule has 0 saturated carbocycles. The van der Waals surface area contributed by atoms with Gasteiger partial charge in [0.2, 0.25) is 5.91 Å². The van der Waals surface area contributed by atoms with Crippen LogP contribution in [0.1, 0.15) is 31.5 Å². The first-order valence-corrected chi connectivity index (χ1v) is 9.10. The van der Waals surface area contributed by atoms with Crippen molar-refractivity contribution in [3.63, 3.8) is 0 Å². The average molecular weight is 362 g/mol. The highest BCUT2D eigenvalue weighted by atomic mass is 32.1. The van der Waals surface area contributed by atoms with E-state index in [9.17, 15) is 9.59 Å². The van der Waals surface area contributed by atoms with Crippen molar-refractivity contribution in [1.82, 2.24) is 4.98 Å². The molecule has 25 heavy (non-hydrogen) atoms. The lowest BCUT2D eigenvalue weighted by molar-refractivity contribution is -0.142. The lowest BCUT2D eigenvalue weighted by atomic mass is 10.1. The molecule has 2 aromatic rings. The number of nitrogens with one attached hydrogen (secondary N) is 1. The van der Waals surface area contributed by atoms with Crippen LogP contribution in [-0.4, -0.2) is 30.1 Å². The molecule has 0 aliphatic carbocycles. The van der Waals surface area contributed by atoms with Gasteiger partial charge >= 0.3 is 5.97 Å². The van der Waals surface area contributed by atoms with E-state index in [4.69, 9.17) is 9.47 Å². The lowest BCUT2D eigenvalue weighted by Gasteiger charge is -2.05. The fourth-order valence-electron chi connectivity index (χ4n) is 2.16. The topological polar surface area (TPSA) is 77.5 Å². The van der Waals surface area contributed by atoms with Crippen molar-refractivity contribution in [2.75, 3.05) is 18.5 Å². The molecule has 1 aromatic heterocycles. The molecule has 0 saturated heterocycles. The number of hydrogen-bond acceptors (Lipinski definition) is 6. The van der Waals surface area contributed by atoms with E-state index < -0.39 is 0 Å².